The molecule has 0 unspecified atom stereocenters. The maximum Gasteiger partial charge on any atom is 0.242 e. The maximum absolute atomic E-state index is 14.0. The Kier molecular flexibility index (Phi) is 3.68. The fourth-order valence-electron chi connectivity index (χ4n) is 2.69. The van der Waals surface area contributed by atoms with Gasteiger partial charge >= 0.3 is 0 Å². The zero-order valence-electron chi connectivity index (χ0n) is 11.9. The summed E-state index contributed by atoms with van der Waals surface area (Å²) in [5, 5.41) is 0.358. The molecule has 0 saturated carbocycles. The lowest BCUT2D eigenvalue weighted by molar-refractivity contribution is -0.128. The topological polar surface area (TPSA) is 49.3 Å². The van der Waals surface area contributed by atoms with Crippen LogP contribution in [0.4, 0.5) is 10.2 Å². The Hall–Kier alpha value is -2.24. The number of hydrogen-bond donors (Lipinski definition) is 0. The highest BCUT2D eigenvalue weighted by Crippen LogP contribution is 2.24. The van der Waals surface area contributed by atoms with Crippen LogP contribution in [0.2, 0.25) is 0 Å². The molecule has 1 aliphatic rings. The highest BCUT2D eigenvalue weighted by Gasteiger charge is 2.21. The molecule has 6 heteroatoms. The van der Waals surface area contributed by atoms with E-state index in [0.29, 0.717) is 16.7 Å². The molecule has 0 N–H and O–H groups in total. The lowest BCUT2D eigenvalue weighted by Crippen LogP contribution is -2.37. The Morgan fingerprint density at radius 2 is 2.10 bits per heavy atom. The molecule has 1 aromatic carbocycles. The molecule has 1 amide bonds. The number of carbonyl (C=O) groups is 1. The van der Waals surface area contributed by atoms with Crippen LogP contribution >= 0.6 is 0 Å². The van der Waals surface area contributed by atoms with Gasteiger partial charge in [-0.05, 0) is 25.0 Å². The van der Waals surface area contributed by atoms with Gasteiger partial charge in [0.15, 0.2) is 0 Å². The molecule has 1 aromatic heterocycles. The number of likely N-dealkylation sites (tertiary alicyclic amines) is 1. The van der Waals surface area contributed by atoms with Crippen molar-refractivity contribution in [2.45, 2.75) is 12.8 Å². The van der Waals surface area contributed by atoms with Crippen molar-refractivity contribution in [2.24, 2.45) is 0 Å². The fourth-order valence-corrected chi connectivity index (χ4v) is 2.69. The van der Waals surface area contributed by atoms with Crippen molar-refractivity contribution in [1.82, 2.24) is 14.9 Å². The predicted octanol–water partition coefficient (Wildman–Crippen LogP) is 1.83. The lowest BCUT2D eigenvalue weighted by atomic mass is 10.2. The summed E-state index contributed by atoms with van der Waals surface area (Å²) >= 11 is 0. The predicted molar refractivity (Wildman–Crippen MR) is 78.6 cm³/mol. The third-order valence-electron chi connectivity index (χ3n) is 3.78. The molecule has 2 heterocycles. The van der Waals surface area contributed by atoms with Crippen LogP contribution in [0.15, 0.2) is 24.5 Å². The number of carbonyl (C=O) groups excluding carboxylic acids is 1. The van der Waals surface area contributed by atoms with Crippen molar-refractivity contribution in [1.29, 1.82) is 0 Å². The third-order valence-corrected chi connectivity index (χ3v) is 3.78. The van der Waals surface area contributed by atoms with Gasteiger partial charge in [-0.25, -0.2) is 14.4 Å². The Bertz CT molecular complexity index is 665. The molecule has 2 aromatic rings. The van der Waals surface area contributed by atoms with Gasteiger partial charge in [-0.1, -0.05) is 6.07 Å². The molecule has 21 heavy (non-hydrogen) atoms. The normalized spacial score (nSPS) is 14.7. The van der Waals surface area contributed by atoms with Crippen LogP contribution in [0.1, 0.15) is 12.8 Å². The van der Waals surface area contributed by atoms with Crippen LogP contribution in [0, 0.1) is 5.82 Å². The van der Waals surface area contributed by atoms with Gasteiger partial charge in [0.1, 0.15) is 18.0 Å². The summed E-state index contributed by atoms with van der Waals surface area (Å²) < 4.78 is 14.0. The van der Waals surface area contributed by atoms with E-state index in [1.807, 2.05) is 4.90 Å². The van der Waals surface area contributed by atoms with Gasteiger partial charge in [-0.15, -0.1) is 0 Å². The van der Waals surface area contributed by atoms with E-state index in [-0.39, 0.29) is 18.3 Å². The number of nitrogens with zero attached hydrogens (tertiary/aromatic N) is 4. The van der Waals surface area contributed by atoms with E-state index in [1.54, 1.807) is 24.1 Å². The zero-order valence-corrected chi connectivity index (χ0v) is 11.9. The van der Waals surface area contributed by atoms with Gasteiger partial charge in [0, 0.05) is 20.1 Å². The monoisotopic (exact) mass is 288 g/mol. The van der Waals surface area contributed by atoms with Crippen molar-refractivity contribution in [3.8, 4) is 0 Å². The minimum Gasteiger partial charge on any atom is -0.350 e. The molecule has 1 fully saturated rings. The molecule has 0 atom stereocenters. The first kappa shape index (κ1) is 13.7. The second-order valence-electron chi connectivity index (χ2n) is 5.28. The standard InChI is InChI=1S/C15H17FN4O/c1-19(9-13(21)20-7-2-3-8-20)15-14-11(16)5-4-6-12(14)17-10-18-15/h4-6,10H,2-3,7-9H2,1H3. The number of hydrogen-bond acceptors (Lipinski definition) is 4. The average molecular weight is 288 g/mol. The van der Waals surface area contributed by atoms with Crippen LogP contribution in [0.25, 0.3) is 10.9 Å². The molecule has 3 rings (SSSR count). The van der Waals surface area contributed by atoms with Gasteiger partial charge in [0.05, 0.1) is 17.4 Å². The number of anilines is 1. The zero-order chi connectivity index (χ0) is 14.8. The van der Waals surface area contributed by atoms with Crippen molar-refractivity contribution < 1.29 is 9.18 Å². The van der Waals surface area contributed by atoms with E-state index >= 15 is 0 Å². The summed E-state index contributed by atoms with van der Waals surface area (Å²) in [5.74, 6) is 0.132. The summed E-state index contributed by atoms with van der Waals surface area (Å²) in [5.41, 5.74) is 0.542. The van der Waals surface area contributed by atoms with Gasteiger partial charge in [0.25, 0.3) is 0 Å². The van der Waals surface area contributed by atoms with E-state index in [2.05, 4.69) is 9.97 Å². The molecule has 5 nitrogen and oxygen atoms in total. The maximum atomic E-state index is 14.0. The van der Waals surface area contributed by atoms with Crippen LogP contribution < -0.4 is 4.90 Å². The summed E-state index contributed by atoms with van der Waals surface area (Å²) in [7, 11) is 1.75. The van der Waals surface area contributed by atoms with Crippen molar-refractivity contribution in [2.75, 3.05) is 31.6 Å². The molecule has 0 radical (unpaired) electrons. The first-order valence-corrected chi connectivity index (χ1v) is 7.05. The first-order chi connectivity index (χ1) is 10.2. The third kappa shape index (κ3) is 2.66. The fraction of sp³-hybridized carbons (Fsp3) is 0.400. The van der Waals surface area contributed by atoms with E-state index in [0.717, 1.165) is 25.9 Å². The average Bonchev–Trinajstić information content (AvgIpc) is 3.01. The SMILES string of the molecule is CN(CC(=O)N1CCCC1)c1ncnc2cccc(F)c12. The number of rotatable bonds is 3. The molecule has 0 spiro atoms. The number of fused-ring (bicyclic) bond motifs is 1. The first-order valence-electron chi connectivity index (χ1n) is 7.05. The van der Waals surface area contributed by atoms with Crippen LogP contribution in [-0.4, -0.2) is 47.5 Å². The minimum absolute atomic E-state index is 0.0538. The van der Waals surface area contributed by atoms with Crippen LogP contribution in [0.5, 0.6) is 0 Å². The summed E-state index contributed by atoms with van der Waals surface area (Å²) in [6, 6.07) is 4.73. The number of halogens is 1. The van der Waals surface area contributed by atoms with E-state index in [9.17, 15) is 9.18 Å². The molecule has 0 aliphatic carbocycles. The Labute approximate surface area is 122 Å². The van der Waals surface area contributed by atoms with E-state index in [1.165, 1.54) is 12.4 Å². The van der Waals surface area contributed by atoms with Gasteiger partial charge < -0.3 is 9.80 Å². The summed E-state index contributed by atoms with van der Waals surface area (Å²) in [4.78, 5) is 23.9. The molecule has 1 saturated heterocycles. The van der Waals surface area contributed by atoms with Crippen molar-refractivity contribution >= 4 is 22.6 Å². The van der Waals surface area contributed by atoms with Gasteiger partial charge in [0.2, 0.25) is 5.91 Å². The minimum atomic E-state index is -0.372. The molecular weight excluding hydrogens is 271 g/mol. The van der Waals surface area contributed by atoms with Gasteiger partial charge in [-0.2, -0.15) is 0 Å². The number of benzene rings is 1. The Balaban J connectivity index is 1.87. The number of amides is 1. The summed E-state index contributed by atoms with van der Waals surface area (Å²) in [6.45, 7) is 1.82. The summed E-state index contributed by atoms with van der Waals surface area (Å²) in [6.07, 6.45) is 3.51. The largest absolute Gasteiger partial charge is 0.350 e. The quantitative estimate of drug-likeness (QED) is 0.864. The van der Waals surface area contributed by atoms with E-state index < -0.39 is 0 Å². The molecular formula is C15H17FN4O. The number of aromatic nitrogens is 2. The van der Waals surface area contributed by atoms with Crippen LogP contribution in [0.3, 0.4) is 0 Å². The Morgan fingerprint density at radius 1 is 1.33 bits per heavy atom. The highest BCUT2D eigenvalue weighted by atomic mass is 19.1. The molecule has 110 valence electrons. The second kappa shape index (κ2) is 5.63. The van der Waals surface area contributed by atoms with Crippen molar-refractivity contribution in [3.05, 3.63) is 30.3 Å². The van der Waals surface area contributed by atoms with Crippen LogP contribution in [-0.2, 0) is 4.79 Å². The number of likely N-dealkylation sites (N-methyl/N-ethyl adjacent to an activating group) is 1. The van der Waals surface area contributed by atoms with Gasteiger partial charge in [-0.3, -0.25) is 4.79 Å². The lowest BCUT2D eigenvalue weighted by Gasteiger charge is -2.22. The Morgan fingerprint density at radius 3 is 2.86 bits per heavy atom. The van der Waals surface area contributed by atoms with Crippen molar-refractivity contribution in [3.63, 3.8) is 0 Å². The molecule has 1 aliphatic heterocycles. The second-order valence-corrected chi connectivity index (χ2v) is 5.28. The molecule has 0 bridgehead atoms. The van der Waals surface area contributed by atoms with E-state index in [4.69, 9.17) is 0 Å². The smallest absolute Gasteiger partial charge is 0.242 e. The highest BCUT2D eigenvalue weighted by molar-refractivity contribution is 5.91.